The molecular formula is C35H31BN2O. The van der Waals surface area contributed by atoms with E-state index in [-0.39, 0.29) is 11.0 Å². The molecule has 39 heavy (non-hydrogen) atoms. The van der Waals surface area contributed by atoms with Crippen molar-refractivity contribution in [2.75, 3.05) is 4.90 Å². The van der Waals surface area contributed by atoms with Crippen LogP contribution in [0.3, 0.4) is 0 Å². The van der Waals surface area contributed by atoms with E-state index in [0.717, 1.165) is 18.6 Å². The number of anilines is 2. The number of rotatable bonds is 1. The molecule has 0 saturated heterocycles. The van der Waals surface area contributed by atoms with Crippen molar-refractivity contribution in [3.05, 3.63) is 83.9 Å². The lowest BCUT2D eigenvalue weighted by Gasteiger charge is -2.51. The molecule has 2 unspecified atom stereocenters. The minimum Gasteiger partial charge on any atom is -0.440 e. The van der Waals surface area contributed by atoms with Crippen molar-refractivity contribution in [3.63, 3.8) is 0 Å². The monoisotopic (exact) mass is 506 g/mol. The lowest BCUT2D eigenvalue weighted by molar-refractivity contribution is 0.195. The number of benzene rings is 4. The Kier molecular flexibility index (Phi) is 4.04. The summed E-state index contributed by atoms with van der Waals surface area (Å²) in [6, 6.07) is 27.1. The molecule has 4 aromatic carbocycles. The molecule has 3 nitrogen and oxygen atoms in total. The zero-order chi connectivity index (χ0) is 26.1. The van der Waals surface area contributed by atoms with E-state index in [1.165, 1.54) is 86.3 Å². The van der Waals surface area contributed by atoms with Gasteiger partial charge in [-0.2, -0.15) is 0 Å². The summed E-state index contributed by atoms with van der Waals surface area (Å²) in [6.07, 6.45) is 5.12. The first-order valence-corrected chi connectivity index (χ1v) is 14.5. The standard InChI is InChI=1S/C35H31BN2O/c1-20-18-24(21-11-8-12-23-29-22-10-4-5-15-28(22)39-33(29)37-31(21)23)30-27(19-20)38-32-25(13-9-14-26(32)36-30)34(2)16-6-7-17-35(34,38)3/h4-5,8-15,18-19,36-37H,6-7,16-17H2,1-3H3. The molecule has 1 N–H and O–H groups in total. The first-order valence-electron chi connectivity index (χ1n) is 14.5. The molecule has 0 spiro atoms. The topological polar surface area (TPSA) is 32.2 Å². The summed E-state index contributed by atoms with van der Waals surface area (Å²) < 4.78 is 6.27. The Bertz CT molecular complexity index is 2010. The molecule has 2 atom stereocenters. The Morgan fingerprint density at radius 3 is 2.62 bits per heavy atom. The van der Waals surface area contributed by atoms with Gasteiger partial charge < -0.3 is 14.3 Å². The maximum atomic E-state index is 6.27. The predicted molar refractivity (Wildman–Crippen MR) is 165 cm³/mol. The van der Waals surface area contributed by atoms with Gasteiger partial charge in [-0.05, 0) is 61.0 Å². The zero-order valence-electron chi connectivity index (χ0n) is 22.8. The third-order valence-corrected chi connectivity index (χ3v) is 10.6. The highest BCUT2D eigenvalue weighted by Crippen LogP contribution is 2.60. The van der Waals surface area contributed by atoms with Gasteiger partial charge in [-0.25, -0.2) is 0 Å². The molecular weight excluding hydrogens is 475 g/mol. The fourth-order valence-electron chi connectivity index (χ4n) is 8.60. The van der Waals surface area contributed by atoms with Gasteiger partial charge in [-0.15, -0.1) is 0 Å². The quantitative estimate of drug-likeness (QED) is 0.235. The highest BCUT2D eigenvalue weighted by molar-refractivity contribution is 6.73. The number of aryl methyl sites for hydroxylation is 1. The number of aromatic amines is 1. The van der Waals surface area contributed by atoms with E-state index in [1.807, 2.05) is 6.07 Å². The van der Waals surface area contributed by atoms with E-state index in [0.29, 0.717) is 0 Å². The normalized spacial score (nSPS) is 23.2. The molecule has 6 aromatic rings. The summed E-state index contributed by atoms with van der Waals surface area (Å²) in [5, 5.41) is 3.59. The van der Waals surface area contributed by atoms with Crippen LogP contribution in [0.1, 0.15) is 50.7 Å². The van der Waals surface area contributed by atoms with Gasteiger partial charge in [0.15, 0.2) is 7.28 Å². The van der Waals surface area contributed by atoms with Gasteiger partial charge in [0.25, 0.3) is 0 Å². The molecule has 4 heterocycles. The van der Waals surface area contributed by atoms with Crippen molar-refractivity contribution in [3.8, 4) is 11.1 Å². The largest absolute Gasteiger partial charge is 0.440 e. The number of para-hydroxylation sites is 3. The van der Waals surface area contributed by atoms with Crippen LogP contribution in [0.4, 0.5) is 11.4 Å². The second-order valence-electron chi connectivity index (χ2n) is 12.6. The Labute approximate surface area is 229 Å². The molecule has 1 fully saturated rings. The maximum absolute atomic E-state index is 6.27. The molecule has 9 rings (SSSR count). The number of aromatic nitrogens is 1. The van der Waals surface area contributed by atoms with E-state index in [1.54, 1.807) is 5.56 Å². The van der Waals surface area contributed by atoms with Crippen molar-refractivity contribution in [2.24, 2.45) is 0 Å². The highest BCUT2D eigenvalue weighted by atomic mass is 16.3. The average molecular weight is 506 g/mol. The van der Waals surface area contributed by atoms with Crippen LogP contribution in [-0.4, -0.2) is 17.8 Å². The Balaban J connectivity index is 1.33. The van der Waals surface area contributed by atoms with Crippen molar-refractivity contribution in [1.29, 1.82) is 0 Å². The van der Waals surface area contributed by atoms with Gasteiger partial charge in [0, 0.05) is 33.1 Å². The minimum absolute atomic E-state index is 0.0844. The molecule has 190 valence electrons. The van der Waals surface area contributed by atoms with Crippen molar-refractivity contribution in [1.82, 2.24) is 4.98 Å². The van der Waals surface area contributed by atoms with Gasteiger partial charge >= 0.3 is 0 Å². The SMILES string of the molecule is Cc1cc(-c2cccc3c2[nH]c2oc4ccccc4c23)c2c(c1)N1c3c(cccc3C3(C)CCCCC13C)B2. The van der Waals surface area contributed by atoms with Crippen LogP contribution in [0, 0.1) is 6.92 Å². The Morgan fingerprint density at radius 1 is 0.872 bits per heavy atom. The highest BCUT2D eigenvalue weighted by Gasteiger charge is 2.59. The second-order valence-corrected chi connectivity index (χ2v) is 12.6. The summed E-state index contributed by atoms with van der Waals surface area (Å²) in [5.41, 5.74) is 14.5. The summed E-state index contributed by atoms with van der Waals surface area (Å²) in [4.78, 5) is 6.47. The van der Waals surface area contributed by atoms with E-state index in [2.05, 4.69) is 97.4 Å². The van der Waals surface area contributed by atoms with Gasteiger partial charge in [-0.3, -0.25) is 0 Å². The zero-order valence-corrected chi connectivity index (χ0v) is 22.8. The molecule has 0 amide bonds. The van der Waals surface area contributed by atoms with Crippen LogP contribution in [0.25, 0.3) is 44.1 Å². The number of hydrogen-bond donors (Lipinski definition) is 1. The van der Waals surface area contributed by atoms with Crippen LogP contribution >= 0.6 is 0 Å². The third kappa shape index (κ3) is 2.56. The van der Waals surface area contributed by atoms with E-state index in [9.17, 15) is 0 Å². The number of furan rings is 1. The summed E-state index contributed by atoms with van der Waals surface area (Å²) in [6.45, 7) is 7.34. The number of H-pyrrole nitrogens is 1. The lowest BCUT2D eigenvalue weighted by atomic mass is 9.58. The fourth-order valence-corrected chi connectivity index (χ4v) is 8.60. The Morgan fingerprint density at radius 2 is 1.69 bits per heavy atom. The Hall–Kier alpha value is -3.92. The van der Waals surface area contributed by atoms with Gasteiger partial charge in [-0.1, -0.05) is 85.9 Å². The molecule has 0 bridgehead atoms. The molecule has 1 aliphatic carbocycles. The first kappa shape index (κ1) is 22.0. The predicted octanol–water partition coefficient (Wildman–Crippen LogP) is 7.49. The third-order valence-electron chi connectivity index (χ3n) is 10.6. The van der Waals surface area contributed by atoms with Gasteiger partial charge in [0.2, 0.25) is 5.71 Å². The average Bonchev–Trinajstić information content (AvgIpc) is 3.55. The fraction of sp³-hybridized carbons (Fsp3) is 0.257. The summed E-state index contributed by atoms with van der Waals surface area (Å²) in [5.74, 6) is 0. The van der Waals surface area contributed by atoms with Crippen LogP contribution in [0.15, 0.2) is 77.2 Å². The molecule has 4 heteroatoms. The lowest BCUT2D eigenvalue weighted by Crippen LogP contribution is -2.57. The minimum atomic E-state index is 0.0844. The van der Waals surface area contributed by atoms with E-state index >= 15 is 0 Å². The number of nitrogens with zero attached hydrogens (tertiary/aromatic N) is 1. The van der Waals surface area contributed by atoms with Crippen LogP contribution in [0.2, 0.25) is 0 Å². The van der Waals surface area contributed by atoms with Crippen molar-refractivity contribution >= 4 is 62.6 Å². The smallest absolute Gasteiger partial charge is 0.206 e. The van der Waals surface area contributed by atoms with E-state index < -0.39 is 0 Å². The van der Waals surface area contributed by atoms with E-state index in [4.69, 9.17) is 4.42 Å². The number of nitrogens with one attached hydrogen (secondary N) is 1. The molecule has 1 saturated carbocycles. The molecule has 3 aliphatic rings. The second kappa shape index (κ2) is 7.18. The van der Waals surface area contributed by atoms with Gasteiger partial charge in [0.05, 0.1) is 16.4 Å². The summed E-state index contributed by atoms with van der Waals surface area (Å²) in [7, 11) is 0.965. The van der Waals surface area contributed by atoms with Crippen LogP contribution < -0.4 is 15.8 Å². The summed E-state index contributed by atoms with van der Waals surface area (Å²) >= 11 is 0. The number of fused-ring (bicyclic) bond motifs is 10. The molecule has 2 aliphatic heterocycles. The van der Waals surface area contributed by atoms with Crippen LogP contribution in [0.5, 0.6) is 0 Å². The number of hydrogen-bond acceptors (Lipinski definition) is 2. The van der Waals surface area contributed by atoms with Crippen LogP contribution in [-0.2, 0) is 5.41 Å². The van der Waals surface area contributed by atoms with Gasteiger partial charge in [0.1, 0.15) is 5.58 Å². The molecule has 0 radical (unpaired) electrons. The maximum Gasteiger partial charge on any atom is 0.206 e. The first-order chi connectivity index (χ1) is 19.0. The molecule has 2 aromatic heterocycles. The van der Waals surface area contributed by atoms with Crippen molar-refractivity contribution < 1.29 is 4.42 Å². The van der Waals surface area contributed by atoms with Crippen molar-refractivity contribution in [2.45, 2.75) is 57.4 Å².